The van der Waals surface area contributed by atoms with E-state index in [2.05, 4.69) is 5.32 Å². The molecule has 8 heteroatoms. The van der Waals surface area contributed by atoms with E-state index in [4.69, 9.17) is 19.0 Å². The molecule has 0 saturated carbocycles. The van der Waals surface area contributed by atoms with Crippen molar-refractivity contribution in [1.29, 1.82) is 0 Å². The molecule has 1 aliphatic rings. The topological polar surface area (TPSA) is 118 Å². The van der Waals surface area contributed by atoms with Gasteiger partial charge in [0.15, 0.2) is 16.9 Å². The van der Waals surface area contributed by atoms with Gasteiger partial charge in [-0.2, -0.15) is 0 Å². The van der Waals surface area contributed by atoms with Crippen molar-refractivity contribution in [2.24, 2.45) is 0 Å². The zero-order chi connectivity index (χ0) is 21.1. The monoisotopic (exact) mass is 411 g/mol. The van der Waals surface area contributed by atoms with Crippen LogP contribution in [-0.4, -0.2) is 36.1 Å². The second-order valence-corrected chi connectivity index (χ2v) is 6.96. The molecule has 0 aliphatic carbocycles. The van der Waals surface area contributed by atoms with E-state index in [1.165, 1.54) is 12.3 Å². The highest BCUT2D eigenvalue weighted by molar-refractivity contribution is 5.80. The summed E-state index contributed by atoms with van der Waals surface area (Å²) in [5.74, 6) is -0.376. The first-order chi connectivity index (χ1) is 14.6. The Labute approximate surface area is 171 Å². The highest BCUT2D eigenvalue weighted by Gasteiger charge is 2.28. The molecule has 8 nitrogen and oxygen atoms in total. The number of hydrogen-bond donors (Lipinski definition) is 3. The number of carbonyl (C=O) groups excluding carboxylic acids is 1. The van der Waals surface area contributed by atoms with Crippen molar-refractivity contribution in [2.75, 3.05) is 19.9 Å². The summed E-state index contributed by atoms with van der Waals surface area (Å²) in [5, 5.41) is 22.6. The lowest BCUT2D eigenvalue weighted by Gasteiger charge is -2.19. The van der Waals surface area contributed by atoms with E-state index in [1.807, 2.05) is 0 Å². The van der Waals surface area contributed by atoms with Crippen LogP contribution in [0.15, 0.2) is 51.9 Å². The summed E-state index contributed by atoms with van der Waals surface area (Å²) in [4.78, 5) is 25.7. The van der Waals surface area contributed by atoms with Crippen molar-refractivity contribution in [3.8, 4) is 17.2 Å². The van der Waals surface area contributed by atoms with Crippen LogP contribution in [0, 0.1) is 0 Å². The molecule has 0 spiro atoms. The number of aliphatic hydroxyl groups excluding tert-OH is 1. The normalized spacial score (nSPS) is 13.4. The van der Waals surface area contributed by atoms with Gasteiger partial charge in [-0.25, -0.2) is 0 Å². The van der Waals surface area contributed by atoms with Crippen LogP contribution in [0.2, 0.25) is 0 Å². The van der Waals surface area contributed by atoms with Crippen molar-refractivity contribution >= 4 is 16.9 Å². The molecule has 0 unspecified atom stereocenters. The minimum Gasteiger partial charge on any atom is -0.508 e. The predicted molar refractivity (Wildman–Crippen MR) is 108 cm³/mol. The Bertz CT molecular complexity index is 1140. The Kier molecular flexibility index (Phi) is 5.58. The largest absolute Gasteiger partial charge is 0.508 e. The molecule has 1 aliphatic heterocycles. The number of rotatable bonds is 7. The summed E-state index contributed by atoms with van der Waals surface area (Å²) < 4.78 is 16.3. The predicted octanol–water partition coefficient (Wildman–Crippen LogP) is 2.25. The van der Waals surface area contributed by atoms with E-state index in [1.54, 1.807) is 30.3 Å². The lowest BCUT2D eigenvalue weighted by Crippen LogP contribution is -2.28. The Morgan fingerprint density at radius 3 is 2.70 bits per heavy atom. The molecule has 1 aromatic heterocycles. The van der Waals surface area contributed by atoms with Crippen molar-refractivity contribution in [3.63, 3.8) is 0 Å². The van der Waals surface area contributed by atoms with Crippen LogP contribution < -0.4 is 20.2 Å². The van der Waals surface area contributed by atoms with Crippen LogP contribution in [0.5, 0.6) is 17.2 Å². The van der Waals surface area contributed by atoms with Gasteiger partial charge in [0.2, 0.25) is 12.7 Å². The maximum Gasteiger partial charge on any atom is 0.231 e. The summed E-state index contributed by atoms with van der Waals surface area (Å²) in [6.45, 7) is 0.297. The fourth-order valence-electron chi connectivity index (χ4n) is 3.51. The minimum absolute atomic E-state index is 0.0304. The number of hydrogen-bond acceptors (Lipinski definition) is 7. The van der Waals surface area contributed by atoms with Crippen molar-refractivity contribution in [3.05, 3.63) is 64.0 Å². The number of benzene rings is 2. The second kappa shape index (κ2) is 8.46. The molecule has 0 radical (unpaired) electrons. The maximum absolute atomic E-state index is 13.2. The molecule has 0 bridgehead atoms. The summed E-state index contributed by atoms with van der Waals surface area (Å²) in [6, 6.07) is 9.84. The molecule has 3 aromatic rings. The van der Waals surface area contributed by atoms with Gasteiger partial charge in [-0.3, -0.25) is 9.59 Å². The molecule has 3 N–H and O–H groups in total. The Morgan fingerprint density at radius 1 is 1.13 bits per heavy atom. The van der Waals surface area contributed by atoms with Gasteiger partial charge in [0.05, 0.1) is 11.6 Å². The fourth-order valence-corrected chi connectivity index (χ4v) is 3.51. The third kappa shape index (κ3) is 3.81. The van der Waals surface area contributed by atoms with E-state index in [0.29, 0.717) is 41.0 Å². The number of fused-ring (bicyclic) bond motifs is 2. The van der Waals surface area contributed by atoms with Crippen molar-refractivity contribution in [2.45, 2.75) is 18.8 Å². The fraction of sp³-hybridized carbons (Fsp3) is 0.273. The average molecular weight is 411 g/mol. The molecule has 1 atom stereocenters. The van der Waals surface area contributed by atoms with E-state index in [0.717, 1.165) is 0 Å². The summed E-state index contributed by atoms with van der Waals surface area (Å²) >= 11 is 0. The Hall–Kier alpha value is -3.52. The zero-order valence-corrected chi connectivity index (χ0v) is 16.1. The summed E-state index contributed by atoms with van der Waals surface area (Å²) in [6.07, 6.45) is 1.66. The SMILES string of the molecule is O=C(C[C@@H](c1cc2c(cc1O)OCO2)c1coc2ccccc2c1=O)NCCCO. The molecular formula is C22H21NO7. The first kappa shape index (κ1) is 19.8. The van der Waals surface area contributed by atoms with E-state index < -0.39 is 5.92 Å². The van der Waals surface area contributed by atoms with Gasteiger partial charge in [-0.05, 0) is 24.6 Å². The number of aliphatic hydroxyl groups is 1. The van der Waals surface area contributed by atoms with Gasteiger partial charge >= 0.3 is 0 Å². The molecular weight excluding hydrogens is 390 g/mol. The van der Waals surface area contributed by atoms with Crippen LogP contribution in [0.25, 0.3) is 11.0 Å². The molecule has 2 aromatic carbocycles. The van der Waals surface area contributed by atoms with Gasteiger partial charge in [-0.15, -0.1) is 0 Å². The molecule has 1 amide bonds. The van der Waals surface area contributed by atoms with Crippen LogP contribution in [0.3, 0.4) is 0 Å². The van der Waals surface area contributed by atoms with Crippen LogP contribution in [-0.2, 0) is 4.79 Å². The van der Waals surface area contributed by atoms with E-state index >= 15 is 0 Å². The number of carbonyl (C=O) groups is 1. The van der Waals surface area contributed by atoms with Crippen LogP contribution >= 0.6 is 0 Å². The smallest absolute Gasteiger partial charge is 0.231 e. The molecule has 2 heterocycles. The molecule has 30 heavy (non-hydrogen) atoms. The average Bonchev–Trinajstić information content (AvgIpc) is 3.20. The molecule has 4 rings (SSSR count). The highest BCUT2D eigenvalue weighted by Crippen LogP contribution is 2.42. The van der Waals surface area contributed by atoms with E-state index in [-0.39, 0.29) is 42.5 Å². The van der Waals surface area contributed by atoms with Gasteiger partial charge < -0.3 is 29.4 Å². The quantitative estimate of drug-likeness (QED) is 0.510. The Morgan fingerprint density at radius 2 is 1.90 bits per heavy atom. The maximum atomic E-state index is 13.2. The number of amides is 1. The third-order valence-electron chi connectivity index (χ3n) is 5.03. The molecule has 0 fully saturated rings. The van der Waals surface area contributed by atoms with Gasteiger partial charge in [0.1, 0.15) is 11.3 Å². The van der Waals surface area contributed by atoms with Gasteiger partial charge in [-0.1, -0.05) is 12.1 Å². The third-order valence-corrected chi connectivity index (χ3v) is 5.03. The number of para-hydroxylation sites is 1. The first-order valence-corrected chi connectivity index (χ1v) is 9.59. The highest BCUT2D eigenvalue weighted by atomic mass is 16.7. The second-order valence-electron chi connectivity index (χ2n) is 6.96. The number of phenols is 1. The van der Waals surface area contributed by atoms with E-state index in [9.17, 15) is 14.7 Å². The first-order valence-electron chi connectivity index (χ1n) is 9.59. The van der Waals surface area contributed by atoms with Crippen molar-refractivity contribution < 1.29 is 28.9 Å². The summed E-state index contributed by atoms with van der Waals surface area (Å²) in [5.41, 5.74) is 0.772. The standard InChI is InChI=1S/C22H21NO7/c24-7-3-6-23-21(26)9-14(15-8-19-20(10-17(15)25)30-12-29-19)16-11-28-18-5-2-1-4-13(18)22(16)27/h1-2,4-5,8,10-11,14,24-25H,3,6-7,9,12H2,(H,23,26)/t14-/m0/s1. The zero-order valence-electron chi connectivity index (χ0n) is 16.1. The van der Waals surface area contributed by atoms with Gasteiger partial charge in [0, 0.05) is 42.7 Å². The van der Waals surface area contributed by atoms with Crippen LogP contribution in [0.1, 0.15) is 29.9 Å². The molecule has 156 valence electrons. The lowest BCUT2D eigenvalue weighted by atomic mass is 9.87. The van der Waals surface area contributed by atoms with Gasteiger partial charge in [0.25, 0.3) is 0 Å². The minimum atomic E-state index is -0.769. The number of aromatic hydroxyl groups is 1. The number of ether oxygens (including phenoxy) is 2. The van der Waals surface area contributed by atoms with Crippen molar-refractivity contribution in [1.82, 2.24) is 5.32 Å². The lowest BCUT2D eigenvalue weighted by molar-refractivity contribution is -0.121. The molecule has 0 saturated heterocycles. The Balaban J connectivity index is 1.78. The number of phenolic OH excluding ortho intramolecular Hbond substituents is 1. The number of nitrogens with one attached hydrogen (secondary N) is 1. The summed E-state index contributed by atoms with van der Waals surface area (Å²) in [7, 11) is 0. The van der Waals surface area contributed by atoms with Crippen LogP contribution in [0.4, 0.5) is 0 Å².